The SMILES string of the molecule is CCCCS(=O)(=O)N1CCCC(CNC(C)(C)C)C1. The quantitative estimate of drug-likeness (QED) is 0.816. The van der Waals surface area contributed by atoms with Crippen LogP contribution < -0.4 is 5.32 Å². The van der Waals surface area contributed by atoms with E-state index < -0.39 is 10.0 Å². The van der Waals surface area contributed by atoms with Gasteiger partial charge in [0, 0.05) is 18.6 Å². The number of rotatable bonds is 6. The van der Waals surface area contributed by atoms with Crippen molar-refractivity contribution in [2.75, 3.05) is 25.4 Å². The highest BCUT2D eigenvalue weighted by molar-refractivity contribution is 7.89. The second-order valence-corrected chi connectivity index (χ2v) is 8.76. The van der Waals surface area contributed by atoms with Crippen LogP contribution in [0.2, 0.25) is 0 Å². The minimum absolute atomic E-state index is 0.101. The second kappa shape index (κ2) is 7.04. The zero-order chi connectivity index (χ0) is 14.5. The summed E-state index contributed by atoms with van der Waals surface area (Å²) in [6, 6.07) is 0. The molecule has 1 N–H and O–H groups in total. The number of piperidine rings is 1. The van der Waals surface area contributed by atoms with Crippen LogP contribution >= 0.6 is 0 Å². The van der Waals surface area contributed by atoms with Gasteiger partial charge in [-0.05, 0) is 52.5 Å². The number of hydrogen-bond donors (Lipinski definition) is 1. The van der Waals surface area contributed by atoms with E-state index in [1.165, 1.54) is 0 Å². The molecule has 1 heterocycles. The zero-order valence-electron chi connectivity index (χ0n) is 12.9. The van der Waals surface area contributed by atoms with E-state index in [0.29, 0.717) is 24.8 Å². The first-order valence-corrected chi connectivity index (χ1v) is 9.08. The van der Waals surface area contributed by atoms with Gasteiger partial charge in [0.2, 0.25) is 10.0 Å². The largest absolute Gasteiger partial charge is 0.312 e. The second-order valence-electron chi connectivity index (χ2n) is 6.67. The molecule has 0 aliphatic carbocycles. The molecule has 1 unspecified atom stereocenters. The lowest BCUT2D eigenvalue weighted by Gasteiger charge is -2.33. The van der Waals surface area contributed by atoms with Crippen LogP contribution in [-0.4, -0.2) is 43.6 Å². The van der Waals surface area contributed by atoms with E-state index >= 15 is 0 Å². The van der Waals surface area contributed by atoms with Crippen molar-refractivity contribution < 1.29 is 8.42 Å². The van der Waals surface area contributed by atoms with E-state index in [1.54, 1.807) is 4.31 Å². The Morgan fingerprint density at radius 1 is 1.32 bits per heavy atom. The molecule has 0 radical (unpaired) electrons. The molecule has 0 spiro atoms. The Morgan fingerprint density at radius 2 is 2.00 bits per heavy atom. The predicted molar refractivity (Wildman–Crippen MR) is 80.7 cm³/mol. The zero-order valence-corrected chi connectivity index (χ0v) is 13.7. The molecule has 114 valence electrons. The molecule has 0 bridgehead atoms. The Labute approximate surface area is 119 Å². The topological polar surface area (TPSA) is 49.4 Å². The van der Waals surface area contributed by atoms with Crippen LogP contribution in [0.4, 0.5) is 0 Å². The highest BCUT2D eigenvalue weighted by atomic mass is 32.2. The van der Waals surface area contributed by atoms with Gasteiger partial charge in [0.15, 0.2) is 0 Å². The van der Waals surface area contributed by atoms with Crippen LogP contribution in [0.3, 0.4) is 0 Å². The van der Waals surface area contributed by atoms with E-state index in [4.69, 9.17) is 0 Å². The average molecular weight is 290 g/mol. The summed E-state index contributed by atoms with van der Waals surface area (Å²) < 4.78 is 26.1. The fourth-order valence-corrected chi connectivity index (χ4v) is 4.11. The molecule has 0 amide bonds. The van der Waals surface area contributed by atoms with Crippen molar-refractivity contribution in [3.05, 3.63) is 0 Å². The first kappa shape index (κ1) is 16.9. The van der Waals surface area contributed by atoms with E-state index in [9.17, 15) is 8.42 Å². The van der Waals surface area contributed by atoms with Gasteiger partial charge in [-0.2, -0.15) is 0 Å². The molecule has 5 heteroatoms. The van der Waals surface area contributed by atoms with Gasteiger partial charge in [0.1, 0.15) is 0 Å². The molecular weight excluding hydrogens is 260 g/mol. The highest BCUT2D eigenvalue weighted by Gasteiger charge is 2.28. The third-order valence-corrected chi connectivity index (χ3v) is 5.48. The minimum Gasteiger partial charge on any atom is -0.312 e. The Balaban J connectivity index is 2.50. The highest BCUT2D eigenvalue weighted by Crippen LogP contribution is 2.20. The maximum absolute atomic E-state index is 12.2. The minimum atomic E-state index is -3.03. The van der Waals surface area contributed by atoms with Crippen molar-refractivity contribution in [1.29, 1.82) is 0 Å². The Morgan fingerprint density at radius 3 is 2.58 bits per heavy atom. The van der Waals surface area contributed by atoms with Crippen molar-refractivity contribution in [3.63, 3.8) is 0 Å². The lowest BCUT2D eigenvalue weighted by atomic mass is 9.98. The lowest BCUT2D eigenvalue weighted by molar-refractivity contribution is 0.245. The van der Waals surface area contributed by atoms with Gasteiger partial charge in [-0.3, -0.25) is 0 Å². The smallest absolute Gasteiger partial charge is 0.214 e. The van der Waals surface area contributed by atoms with Gasteiger partial charge in [0.25, 0.3) is 0 Å². The summed E-state index contributed by atoms with van der Waals surface area (Å²) in [7, 11) is -3.03. The number of hydrogen-bond acceptors (Lipinski definition) is 3. The van der Waals surface area contributed by atoms with Crippen molar-refractivity contribution in [1.82, 2.24) is 9.62 Å². The van der Waals surface area contributed by atoms with Crippen molar-refractivity contribution in [2.45, 2.75) is 58.9 Å². The summed E-state index contributed by atoms with van der Waals surface area (Å²) in [5.41, 5.74) is 0.101. The van der Waals surface area contributed by atoms with Gasteiger partial charge in [0.05, 0.1) is 5.75 Å². The molecule has 0 aromatic carbocycles. The molecule has 4 nitrogen and oxygen atoms in total. The van der Waals surface area contributed by atoms with Gasteiger partial charge < -0.3 is 5.32 Å². The molecule has 1 atom stereocenters. The summed E-state index contributed by atoms with van der Waals surface area (Å²) in [6.45, 7) is 10.8. The standard InChI is InChI=1S/C14H30N2O2S/c1-5-6-10-19(17,18)16-9-7-8-13(12-16)11-15-14(2,3)4/h13,15H,5-12H2,1-4H3. The predicted octanol–water partition coefficient (Wildman–Crippen LogP) is 2.22. The van der Waals surface area contributed by atoms with Gasteiger partial charge >= 0.3 is 0 Å². The first-order chi connectivity index (χ1) is 8.74. The van der Waals surface area contributed by atoms with E-state index in [-0.39, 0.29) is 5.54 Å². The molecule has 1 rings (SSSR count). The van der Waals surface area contributed by atoms with E-state index in [0.717, 1.165) is 32.2 Å². The molecule has 1 aliphatic heterocycles. The summed E-state index contributed by atoms with van der Waals surface area (Å²) in [4.78, 5) is 0. The van der Waals surface area contributed by atoms with Crippen molar-refractivity contribution in [2.24, 2.45) is 5.92 Å². The summed E-state index contributed by atoms with van der Waals surface area (Å²) in [5, 5.41) is 3.49. The molecule has 0 aromatic heterocycles. The third-order valence-electron chi connectivity index (χ3n) is 3.55. The summed E-state index contributed by atoms with van der Waals surface area (Å²) in [6.07, 6.45) is 3.82. The lowest BCUT2D eigenvalue weighted by Crippen LogP contribution is -2.46. The Kier molecular flexibility index (Phi) is 6.27. The van der Waals surface area contributed by atoms with Gasteiger partial charge in [-0.15, -0.1) is 0 Å². The Hall–Kier alpha value is -0.130. The molecule has 0 aromatic rings. The van der Waals surface area contributed by atoms with Crippen molar-refractivity contribution in [3.8, 4) is 0 Å². The summed E-state index contributed by atoms with van der Waals surface area (Å²) in [5.74, 6) is 0.757. The van der Waals surface area contributed by atoms with Crippen LogP contribution in [0.25, 0.3) is 0 Å². The van der Waals surface area contributed by atoms with Crippen LogP contribution in [0.5, 0.6) is 0 Å². The van der Waals surface area contributed by atoms with Gasteiger partial charge in [-0.1, -0.05) is 13.3 Å². The molecule has 0 saturated carbocycles. The van der Waals surface area contributed by atoms with Crippen LogP contribution in [-0.2, 0) is 10.0 Å². The van der Waals surface area contributed by atoms with E-state index in [2.05, 4.69) is 26.1 Å². The fraction of sp³-hybridized carbons (Fsp3) is 1.00. The van der Waals surface area contributed by atoms with Crippen LogP contribution in [0.1, 0.15) is 53.4 Å². The average Bonchev–Trinajstić information content (AvgIpc) is 2.33. The first-order valence-electron chi connectivity index (χ1n) is 7.47. The number of unbranched alkanes of at least 4 members (excludes halogenated alkanes) is 1. The number of sulfonamides is 1. The number of nitrogens with one attached hydrogen (secondary N) is 1. The number of nitrogens with zero attached hydrogens (tertiary/aromatic N) is 1. The normalized spacial score (nSPS) is 22.6. The maximum atomic E-state index is 12.2. The van der Waals surface area contributed by atoms with Crippen LogP contribution in [0.15, 0.2) is 0 Å². The third kappa shape index (κ3) is 6.23. The molecule has 1 aliphatic rings. The molecular formula is C14H30N2O2S. The fourth-order valence-electron chi connectivity index (χ4n) is 2.35. The molecule has 1 saturated heterocycles. The summed E-state index contributed by atoms with van der Waals surface area (Å²) >= 11 is 0. The maximum Gasteiger partial charge on any atom is 0.214 e. The van der Waals surface area contributed by atoms with Crippen LogP contribution in [0, 0.1) is 5.92 Å². The van der Waals surface area contributed by atoms with Crippen molar-refractivity contribution >= 4 is 10.0 Å². The van der Waals surface area contributed by atoms with Gasteiger partial charge in [-0.25, -0.2) is 12.7 Å². The Bertz CT molecular complexity index is 360. The molecule has 1 fully saturated rings. The monoisotopic (exact) mass is 290 g/mol. The molecule has 19 heavy (non-hydrogen) atoms. The van der Waals surface area contributed by atoms with E-state index in [1.807, 2.05) is 6.92 Å².